The van der Waals surface area contributed by atoms with Crippen LogP contribution in [0.15, 0.2) is 27.4 Å². The van der Waals surface area contributed by atoms with E-state index >= 15 is 0 Å². The molecular formula is C12H11NO4. The number of hydrogen-bond donors (Lipinski definition) is 0. The first-order valence-corrected chi connectivity index (χ1v) is 5.23. The van der Waals surface area contributed by atoms with Gasteiger partial charge in [0, 0.05) is 12.6 Å². The number of nitrogens with zero attached hydrogens (tertiary/aromatic N) is 1. The number of benzene rings is 1. The quantitative estimate of drug-likeness (QED) is 0.752. The maximum absolute atomic E-state index is 11.4. The largest absolute Gasteiger partial charge is 0.454 e. The molecule has 1 aromatic carbocycles. The lowest BCUT2D eigenvalue weighted by Crippen LogP contribution is -2.09. The maximum Gasteiger partial charge on any atom is 0.419 e. The van der Waals surface area contributed by atoms with Crippen LogP contribution in [-0.4, -0.2) is 11.4 Å². The van der Waals surface area contributed by atoms with Gasteiger partial charge in [0.2, 0.25) is 6.79 Å². The van der Waals surface area contributed by atoms with Crippen LogP contribution in [0, 0.1) is 6.92 Å². The van der Waals surface area contributed by atoms with Crippen LogP contribution in [0.25, 0.3) is 11.3 Å². The summed E-state index contributed by atoms with van der Waals surface area (Å²) in [6.07, 6.45) is 0. The molecule has 0 amide bonds. The van der Waals surface area contributed by atoms with Gasteiger partial charge in [-0.05, 0) is 25.1 Å². The number of fused-ring (bicyclic) bond motifs is 1. The Kier molecular flexibility index (Phi) is 2.01. The molecule has 0 spiro atoms. The zero-order chi connectivity index (χ0) is 12.0. The molecule has 0 saturated heterocycles. The van der Waals surface area contributed by atoms with E-state index in [1.165, 1.54) is 4.57 Å². The van der Waals surface area contributed by atoms with Crippen LogP contribution in [0.1, 0.15) is 5.69 Å². The summed E-state index contributed by atoms with van der Waals surface area (Å²) in [5, 5.41) is 0. The van der Waals surface area contributed by atoms with Gasteiger partial charge in [-0.2, -0.15) is 0 Å². The lowest BCUT2D eigenvalue weighted by Gasteiger charge is -2.00. The van der Waals surface area contributed by atoms with E-state index in [-0.39, 0.29) is 12.5 Å². The van der Waals surface area contributed by atoms with Crippen molar-refractivity contribution in [2.24, 2.45) is 7.05 Å². The fourth-order valence-corrected chi connectivity index (χ4v) is 1.82. The van der Waals surface area contributed by atoms with E-state index < -0.39 is 0 Å². The molecule has 0 unspecified atom stereocenters. The second-order valence-corrected chi connectivity index (χ2v) is 3.91. The Morgan fingerprint density at radius 2 is 2.00 bits per heavy atom. The van der Waals surface area contributed by atoms with Gasteiger partial charge in [-0.3, -0.25) is 4.57 Å². The van der Waals surface area contributed by atoms with Crippen LogP contribution in [0.5, 0.6) is 11.5 Å². The molecule has 0 N–H and O–H groups in total. The van der Waals surface area contributed by atoms with Gasteiger partial charge in [0.05, 0.1) is 5.69 Å². The number of hydrogen-bond acceptors (Lipinski definition) is 4. The number of oxazole rings is 1. The minimum atomic E-state index is -0.366. The maximum atomic E-state index is 11.4. The second kappa shape index (κ2) is 3.41. The molecule has 0 aliphatic carbocycles. The smallest absolute Gasteiger partial charge is 0.419 e. The van der Waals surface area contributed by atoms with Gasteiger partial charge >= 0.3 is 5.76 Å². The predicted molar refractivity (Wildman–Crippen MR) is 60.2 cm³/mol. The van der Waals surface area contributed by atoms with Gasteiger partial charge in [-0.25, -0.2) is 4.79 Å². The Hall–Kier alpha value is -2.17. The predicted octanol–water partition coefficient (Wildman–Crippen LogP) is 1.68. The van der Waals surface area contributed by atoms with Crippen molar-refractivity contribution in [3.8, 4) is 22.8 Å². The van der Waals surface area contributed by atoms with E-state index in [0.717, 1.165) is 11.3 Å². The normalized spacial score (nSPS) is 13.1. The van der Waals surface area contributed by atoms with Crippen LogP contribution in [0.2, 0.25) is 0 Å². The van der Waals surface area contributed by atoms with Crippen molar-refractivity contribution in [1.82, 2.24) is 4.57 Å². The first kappa shape index (κ1) is 10.0. The van der Waals surface area contributed by atoms with Crippen LogP contribution < -0.4 is 15.2 Å². The average Bonchev–Trinajstić information content (AvgIpc) is 2.89. The molecule has 0 radical (unpaired) electrons. The van der Waals surface area contributed by atoms with E-state index in [1.807, 2.05) is 25.1 Å². The highest BCUT2D eigenvalue weighted by molar-refractivity contribution is 5.64. The van der Waals surface area contributed by atoms with E-state index in [0.29, 0.717) is 17.3 Å². The summed E-state index contributed by atoms with van der Waals surface area (Å²) >= 11 is 0. The second-order valence-electron chi connectivity index (χ2n) is 3.91. The molecule has 1 aromatic heterocycles. The van der Waals surface area contributed by atoms with Crippen LogP contribution in [0.3, 0.4) is 0 Å². The van der Waals surface area contributed by atoms with Gasteiger partial charge in [-0.15, -0.1) is 0 Å². The SMILES string of the molecule is Cc1c(-c2ccc3c(c2)OCO3)oc(=O)n1C. The molecule has 1 aliphatic heterocycles. The van der Waals surface area contributed by atoms with Crippen molar-refractivity contribution in [3.05, 3.63) is 34.4 Å². The van der Waals surface area contributed by atoms with Gasteiger partial charge in [0.25, 0.3) is 0 Å². The van der Waals surface area contributed by atoms with Crippen molar-refractivity contribution in [2.45, 2.75) is 6.92 Å². The third kappa shape index (κ3) is 1.43. The summed E-state index contributed by atoms with van der Waals surface area (Å²) in [7, 11) is 1.68. The molecule has 3 rings (SSSR count). The Bertz CT molecular complexity index is 638. The highest BCUT2D eigenvalue weighted by atomic mass is 16.7. The molecule has 5 heteroatoms. The minimum Gasteiger partial charge on any atom is -0.454 e. The molecule has 2 heterocycles. The summed E-state index contributed by atoms with van der Waals surface area (Å²) in [5.41, 5.74) is 1.60. The average molecular weight is 233 g/mol. The van der Waals surface area contributed by atoms with Crippen molar-refractivity contribution in [2.75, 3.05) is 6.79 Å². The first-order chi connectivity index (χ1) is 8.16. The minimum absolute atomic E-state index is 0.233. The Balaban J connectivity index is 2.16. The molecule has 5 nitrogen and oxygen atoms in total. The third-order valence-electron chi connectivity index (χ3n) is 2.93. The van der Waals surface area contributed by atoms with Gasteiger partial charge in [0.15, 0.2) is 17.3 Å². The lowest BCUT2D eigenvalue weighted by atomic mass is 10.1. The Morgan fingerprint density at radius 1 is 1.24 bits per heavy atom. The summed E-state index contributed by atoms with van der Waals surface area (Å²) in [5.74, 6) is 1.59. The summed E-state index contributed by atoms with van der Waals surface area (Å²) in [6.45, 7) is 2.07. The molecule has 2 aromatic rings. The van der Waals surface area contributed by atoms with E-state index in [4.69, 9.17) is 13.9 Å². The van der Waals surface area contributed by atoms with E-state index in [2.05, 4.69) is 0 Å². The monoisotopic (exact) mass is 233 g/mol. The molecule has 1 aliphatic rings. The van der Waals surface area contributed by atoms with Crippen molar-refractivity contribution in [1.29, 1.82) is 0 Å². The molecule has 0 fully saturated rings. The first-order valence-electron chi connectivity index (χ1n) is 5.23. The van der Waals surface area contributed by atoms with Gasteiger partial charge in [0.1, 0.15) is 0 Å². The van der Waals surface area contributed by atoms with Crippen molar-refractivity contribution < 1.29 is 13.9 Å². The Morgan fingerprint density at radius 3 is 2.71 bits per heavy atom. The van der Waals surface area contributed by atoms with Gasteiger partial charge in [-0.1, -0.05) is 0 Å². The lowest BCUT2D eigenvalue weighted by molar-refractivity contribution is 0.174. The molecule has 0 bridgehead atoms. The topological polar surface area (TPSA) is 53.6 Å². The molecule has 0 atom stereocenters. The number of rotatable bonds is 1. The van der Waals surface area contributed by atoms with Crippen LogP contribution >= 0.6 is 0 Å². The summed E-state index contributed by atoms with van der Waals surface area (Å²) in [6, 6.07) is 5.47. The molecular weight excluding hydrogens is 222 g/mol. The van der Waals surface area contributed by atoms with Gasteiger partial charge < -0.3 is 13.9 Å². The van der Waals surface area contributed by atoms with E-state index in [1.54, 1.807) is 7.05 Å². The molecule has 88 valence electrons. The zero-order valence-electron chi connectivity index (χ0n) is 9.52. The van der Waals surface area contributed by atoms with Crippen LogP contribution in [0.4, 0.5) is 0 Å². The van der Waals surface area contributed by atoms with Crippen LogP contribution in [-0.2, 0) is 7.05 Å². The number of ether oxygens (including phenoxy) is 2. The van der Waals surface area contributed by atoms with Crippen molar-refractivity contribution >= 4 is 0 Å². The molecule has 0 saturated carbocycles. The molecule has 17 heavy (non-hydrogen) atoms. The zero-order valence-corrected chi connectivity index (χ0v) is 9.52. The highest BCUT2D eigenvalue weighted by Crippen LogP contribution is 2.36. The summed E-state index contributed by atoms with van der Waals surface area (Å²) in [4.78, 5) is 11.4. The standard InChI is InChI=1S/C12H11NO4/c1-7-11(17-12(14)13(7)2)8-3-4-9-10(5-8)16-6-15-9/h3-5H,6H2,1-2H3. The number of aromatic nitrogens is 1. The summed E-state index contributed by atoms with van der Waals surface area (Å²) < 4.78 is 17.2. The van der Waals surface area contributed by atoms with Crippen molar-refractivity contribution in [3.63, 3.8) is 0 Å². The fraction of sp³-hybridized carbons (Fsp3) is 0.250. The third-order valence-corrected chi connectivity index (χ3v) is 2.93. The Labute approximate surface area is 97.2 Å². The fourth-order valence-electron chi connectivity index (χ4n) is 1.82. The highest BCUT2D eigenvalue weighted by Gasteiger charge is 2.17. The van der Waals surface area contributed by atoms with E-state index in [9.17, 15) is 4.79 Å².